The Bertz CT molecular complexity index is 1300. The molecule has 0 unspecified atom stereocenters. The van der Waals surface area contributed by atoms with Gasteiger partial charge >= 0.3 is 6.03 Å². The molecule has 6 heterocycles. The third-order valence-electron chi connectivity index (χ3n) is 8.88. The molecule has 11 heteroatoms. The number of anilines is 3. The zero-order chi connectivity index (χ0) is 25.5. The van der Waals surface area contributed by atoms with E-state index in [1.807, 2.05) is 12.3 Å². The second kappa shape index (κ2) is 9.77. The summed E-state index contributed by atoms with van der Waals surface area (Å²) in [7, 11) is 0. The van der Waals surface area contributed by atoms with Crippen molar-refractivity contribution in [2.75, 3.05) is 56.2 Å². The fourth-order valence-electron chi connectivity index (χ4n) is 6.80. The number of fused-ring (bicyclic) bond motifs is 4. The average Bonchev–Trinajstić information content (AvgIpc) is 3.38. The minimum atomic E-state index is -0.185. The van der Waals surface area contributed by atoms with Crippen molar-refractivity contribution < 1.29 is 9.53 Å². The molecule has 3 aliphatic heterocycles. The van der Waals surface area contributed by atoms with Crippen molar-refractivity contribution >= 4 is 34.5 Å². The van der Waals surface area contributed by atoms with Gasteiger partial charge in [0.05, 0.1) is 37.0 Å². The van der Waals surface area contributed by atoms with E-state index < -0.39 is 0 Å². The topological polar surface area (TPSA) is 113 Å². The van der Waals surface area contributed by atoms with Crippen molar-refractivity contribution in [3.05, 3.63) is 30.2 Å². The number of rotatable bonds is 4. The Labute approximate surface area is 222 Å². The van der Waals surface area contributed by atoms with Crippen LogP contribution >= 0.6 is 0 Å². The Balaban J connectivity index is 1.07. The van der Waals surface area contributed by atoms with Crippen molar-refractivity contribution in [1.29, 1.82) is 0 Å². The van der Waals surface area contributed by atoms with Gasteiger partial charge in [-0.1, -0.05) is 19.3 Å². The molecule has 2 saturated heterocycles. The van der Waals surface area contributed by atoms with E-state index in [1.54, 1.807) is 6.20 Å². The normalized spacial score (nSPS) is 22.4. The van der Waals surface area contributed by atoms with Crippen LogP contribution in [0, 0.1) is 0 Å². The van der Waals surface area contributed by atoms with E-state index in [0.717, 1.165) is 82.0 Å². The summed E-state index contributed by atoms with van der Waals surface area (Å²) < 4.78 is 7.03. The molecule has 1 amide bonds. The average molecular weight is 518 g/mol. The standard InChI is InChI=1S/C27H35N9O2/c37-26-30-18-27(8-2-1-3-9-27)24-23-21(33-36(24)26)17-29-25(32-23)31-22-5-4-20(16-28-22)34-10-6-19(7-11-34)35-12-14-38-15-13-35/h4-5,16-17,19H,1-3,6-15,18H2,(H,30,37)(H,28,31,32). The van der Waals surface area contributed by atoms with Gasteiger partial charge in [-0.25, -0.2) is 19.7 Å². The van der Waals surface area contributed by atoms with Gasteiger partial charge < -0.3 is 20.3 Å². The molecule has 2 N–H and O–H groups in total. The van der Waals surface area contributed by atoms with Gasteiger partial charge in [0.1, 0.15) is 16.9 Å². The molecule has 1 aliphatic carbocycles. The Morgan fingerprint density at radius 3 is 2.58 bits per heavy atom. The highest BCUT2D eigenvalue weighted by molar-refractivity contribution is 5.88. The molecule has 3 fully saturated rings. The third-order valence-corrected chi connectivity index (χ3v) is 8.88. The van der Waals surface area contributed by atoms with Crippen LogP contribution in [0.15, 0.2) is 24.5 Å². The van der Waals surface area contributed by atoms with Gasteiger partial charge in [0.25, 0.3) is 0 Å². The number of aromatic nitrogens is 5. The molecule has 0 bridgehead atoms. The highest BCUT2D eigenvalue weighted by atomic mass is 16.5. The number of carbonyl (C=O) groups excluding carboxylic acids is 1. The number of hydrogen-bond acceptors (Lipinski definition) is 9. The lowest BCUT2D eigenvalue weighted by atomic mass is 9.70. The van der Waals surface area contributed by atoms with E-state index >= 15 is 0 Å². The molecule has 7 rings (SSSR count). The maximum Gasteiger partial charge on any atom is 0.342 e. The van der Waals surface area contributed by atoms with Crippen molar-refractivity contribution in [2.45, 2.75) is 56.4 Å². The fourth-order valence-corrected chi connectivity index (χ4v) is 6.80. The monoisotopic (exact) mass is 517 g/mol. The van der Waals surface area contributed by atoms with Crippen molar-refractivity contribution in [2.24, 2.45) is 0 Å². The quantitative estimate of drug-likeness (QED) is 0.539. The van der Waals surface area contributed by atoms with Crippen LogP contribution < -0.4 is 15.5 Å². The Morgan fingerprint density at radius 1 is 1.00 bits per heavy atom. The summed E-state index contributed by atoms with van der Waals surface area (Å²) in [6.07, 6.45) is 11.6. The van der Waals surface area contributed by atoms with Gasteiger partial charge in [-0.3, -0.25) is 4.90 Å². The summed E-state index contributed by atoms with van der Waals surface area (Å²) in [4.78, 5) is 31.6. The molecule has 0 aromatic carbocycles. The number of amides is 1. The summed E-state index contributed by atoms with van der Waals surface area (Å²) in [6.45, 7) is 6.54. The number of pyridine rings is 1. The van der Waals surface area contributed by atoms with E-state index in [0.29, 0.717) is 29.9 Å². The van der Waals surface area contributed by atoms with E-state index in [-0.39, 0.29) is 11.4 Å². The highest BCUT2D eigenvalue weighted by Gasteiger charge is 2.43. The number of carbonyl (C=O) groups is 1. The van der Waals surface area contributed by atoms with Crippen LogP contribution in [0.4, 0.5) is 22.2 Å². The first-order valence-corrected chi connectivity index (χ1v) is 14.0. The SMILES string of the molecule is O=C1NCC2(CCCCC2)c2c3nc(Nc4ccc(N5CCC(N6CCOCC6)CC5)cn4)ncc3nn21. The minimum absolute atomic E-state index is 0.109. The first-order chi connectivity index (χ1) is 18.7. The summed E-state index contributed by atoms with van der Waals surface area (Å²) in [5, 5.41) is 10.9. The lowest BCUT2D eigenvalue weighted by Crippen LogP contribution is -2.51. The molecule has 4 aliphatic rings. The number of nitrogens with one attached hydrogen (secondary N) is 2. The van der Waals surface area contributed by atoms with E-state index in [1.165, 1.54) is 23.9 Å². The first kappa shape index (κ1) is 23.8. The summed E-state index contributed by atoms with van der Waals surface area (Å²) in [5.41, 5.74) is 3.38. The van der Waals surface area contributed by atoms with Gasteiger partial charge in [-0.2, -0.15) is 9.78 Å². The Morgan fingerprint density at radius 2 is 1.82 bits per heavy atom. The largest absolute Gasteiger partial charge is 0.379 e. The number of hydrogen-bond donors (Lipinski definition) is 2. The number of nitrogens with zero attached hydrogens (tertiary/aromatic N) is 7. The van der Waals surface area contributed by atoms with Crippen LogP contribution in [0.2, 0.25) is 0 Å². The Kier molecular flexibility index (Phi) is 6.12. The predicted molar refractivity (Wildman–Crippen MR) is 144 cm³/mol. The van der Waals surface area contributed by atoms with Crippen molar-refractivity contribution in [1.82, 2.24) is 34.9 Å². The number of morpholine rings is 1. The second-order valence-corrected chi connectivity index (χ2v) is 11.1. The van der Waals surface area contributed by atoms with E-state index in [9.17, 15) is 4.79 Å². The molecule has 3 aromatic heterocycles. The lowest BCUT2D eigenvalue weighted by molar-refractivity contribution is 0.0115. The smallest absolute Gasteiger partial charge is 0.342 e. The van der Waals surface area contributed by atoms with Gasteiger partial charge in [-0.05, 0) is 37.8 Å². The predicted octanol–water partition coefficient (Wildman–Crippen LogP) is 3.04. The van der Waals surface area contributed by atoms with Crippen LogP contribution in [-0.2, 0) is 10.2 Å². The van der Waals surface area contributed by atoms with Gasteiger partial charge in [0.2, 0.25) is 5.95 Å². The molecule has 1 saturated carbocycles. The molecule has 38 heavy (non-hydrogen) atoms. The highest BCUT2D eigenvalue weighted by Crippen LogP contribution is 2.43. The maximum atomic E-state index is 12.6. The minimum Gasteiger partial charge on any atom is -0.379 e. The van der Waals surface area contributed by atoms with Crippen molar-refractivity contribution in [3.63, 3.8) is 0 Å². The molecular formula is C27H35N9O2. The molecule has 200 valence electrons. The van der Waals surface area contributed by atoms with Crippen LogP contribution in [0.3, 0.4) is 0 Å². The molecule has 0 atom stereocenters. The number of ether oxygens (including phenoxy) is 1. The second-order valence-electron chi connectivity index (χ2n) is 11.1. The maximum absolute atomic E-state index is 12.6. The summed E-state index contributed by atoms with van der Waals surface area (Å²) in [6, 6.07) is 4.58. The first-order valence-electron chi connectivity index (χ1n) is 14.0. The zero-order valence-electron chi connectivity index (χ0n) is 21.7. The van der Waals surface area contributed by atoms with Crippen LogP contribution in [-0.4, -0.2) is 87.6 Å². The molecular weight excluding hydrogens is 482 g/mol. The zero-order valence-corrected chi connectivity index (χ0v) is 21.7. The van der Waals surface area contributed by atoms with Crippen LogP contribution in [0.1, 0.15) is 50.6 Å². The number of piperidine rings is 1. The molecule has 1 spiro atoms. The van der Waals surface area contributed by atoms with Gasteiger partial charge in [0.15, 0.2) is 0 Å². The molecule has 11 nitrogen and oxygen atoms in total. The van der Waals surface area contributed by atoms with Gasteiger partial charge in [0, 0.05) is 44.2 Å². The van der Waals surface area contributed by atoms with Crippen molar-refractivity contribution in [3.8, 4) is 0 Å². The van der Waals surface area contributed by atoms with Crippen LogP contribution in [0.5, 0.6) is 0 Å². The van der Waals surface area contributed by atoms with E-state index in [2.05, 4.69) is 41.6 Å². The van der Waals surface area contributed by atoms with Crippen LogP contribution in [0.25, 0.3) is 11.0 Å². The van der Waals surface area contributed by atoms with E-state index in [4.69, 9.17) is 9.72 Å². The Hall–Kier alpha value is -3.31. The molecule has 3 aromatic rings. The lowest BCUT2D eigenvalue weighted by Gasteiger charge is -2.40. The third kappa shape index (κ3) is 4.27. The molecule has 0 radical (unpaired) electrons. The summed E-state index contributed by atoms with van der Waals surface area (Å²) in [5.74, 6) is 1.17. The fraction of sp³-hybridized carbons (Fsp3) is 0.593. The van der Waals surface area contributed by atoms with Gasteiger partial charge in [-0.15, -0.1) is 0 Å². The summed E-state index contributed by atoms with van der Waals surface area (Å²) >= 11 is 0.